The van der Waals surface area contributed by atoms with E-state index < -0.39 is 24.6 Å². The van der Waals surface area contributed by atoms with Crippen molar-refractivity contribution in [1.29, 1.82) is 0 Å². The third-order valence-corrected chi connectivity index (χ3v) is 5.18. The number of aromatic nitrogens is 1. The number of nitrogens with zero attached hydrogens (tertiary/aromatic N) is 1. The summed E-state index contributed by atoms with van der Waals surface area (Å²) in [6, 6.07) is 15.5. The molecule has 0 aliphatic rings. The average molecular weight is 425 g/mol. The summed E-state index contributed by atoms with van der Waals surface area (Å²) in [5.41, 5.74) is 4.12. The SMILES string of the molecule is CCc1ccc(-c2csc(NC(=O)COC(=O)C(C)Oc3ccc(C)cc3)n2)cc1. The van der Waals surface area contributed by atoms with Crippen LogP contribution in [-0.4, -0.2) is 29.6 Å². The van der Waals surface area contributed by atoms with Gasteiger partial charge in [0.1, 0.15) is 5.75 Å². The summed E-state index contributed by atoms with van der Waals surface area (Å²) in [7, 11) is 0. The van der Waals surface area contributed by atoms with Crippen LogP contribution in [0.5, 0.6) is 5.75 Å². The monoisotopic (exact) mass is 424 g/mol. The molecule has 7 heteroatoms. The highest BCUT2D eigenvalue weighted by Gasteiger charge is 2.18. The molecule has 1 atom stereocenters. The molecule has 1 amide bonds. The van der Waals surface area contributed by atoms with E-state index in [-0.39, 0.29) is 0 Å². The lowest BCUT2D eigenvalue weighted by Gasteiger charge is -2.13. The number of hydrogen-bond acceptors (Lipinski definition) is 6. The van der Waals surface area contributed by atoms with Crippen molar-refractivity contribution in [3.05, 3.63) is 65.0 Å². The average Bonchev–Trinajstić information content (AvgIpc) is 3.22. The normalized spacial score (nSPS) is 11.6. The summed E-state index contributed by atoms with van der Waals surface area (Å²) < 4.78 is 10.6. The highest BCUT2D eigenvalue weighted by molar-refractivity contribution is 7.14. The Hall–Kier alpha value is -3.19. The second kappa shape index (κ2) is 10.0. The van der Waals surface area contributed by atoms with Gasteiger partial charge >= 0.3 is 5.97 Å². The van der Waals surface area contributed by atoms with Crippen molar-refractivity contribution in [1.82, 2.24) is 4.98 Å². The van der Waals surface area contributed by atoms with Crippen molar-refractivity contribution >= 4 is 28.3 Å². The number of carbonyl (C=O) groups excluding carboxylic acids is 2. The van der Waals surface area contributed by atoms with E-state index in [9.17, 15) is 9.59 Å². The molecule has 2 aromatic carbocycles. The summed E-state index contributed by atoms with van der Waals surface area (Å²) in [5, 5.41) is 4.98. The van der Waals surface area contributed by atoms with Crippen LogP contribution in [0.1, 0.15) is 25.0 Å². The van der Waals surface area contributed by atoms with Crippen molar-refractivity contribution in [2.45, 2.75) is 33.3 Å². The van der Waals surface area contributed by atoms with Crippen LogP contribution in [0, 0.1) is 6.92 Å². The number of amides is 1. The van der Waals surface area contributed by atoms with Crippen LogP contribution in [0.3, 0.4) is 0 Å². The number of hydrogen-bond donors (Lipinski definition) is 1. The summed E-state index contributed by atoms with van der Waals surface area (Å²) in [4.78, 5) is 28.6. The van der Waals surface area contributed by atoms with Gasteiger partial charge in [-0.15, -0.1) is 11.3 Å². The number of benzene rings is 2. The van der Waals surface area contributed by atoms with Gasteiger partial charge in [0.05, 0.1) is 5.69 Å². The van der Waals surface area contributed by atoms with Gasteiger partial charge in [-0.2, -0.15) is 0 Å². The Kier molecular flexibility index (Phi) is 7.19. The molecule has 3 aromatic rings. The smallest absolute Gasteiger partial charge is 0.347 e. The molecule has 1 unspecified atom stereocenters. The molecular weight excluding hydrogens is 400 g/mol. The highest BCUT2D eigenvalue weighted by Crippen LogP contribution is 2.25. The first-order chi connectivity index (χ1) is 14.4. The lowest BCUT2D eigenvalue weighted by molar-refractivity contribution is -0.153. The molecule has 1 N–H and O–H groups in total. The van der Waals surface area contributed by atoms with Crippen LogP contribution in [-0.2, 0) is 20.7 Å². The second-order valence-corrected chi connectivity index (χ2v) is 7.68. The molecule has 0 saturated carbocycles. The highest BCUT2D eigenvalue weighted by atomic mass is 32.1. The molecule has 0 radical (unpaired) electrons. The van der Waals surface area contributed by atoms with E-state index in [1.807, 2.05) is 36.6 Å². The van der Waals surface area contributed by atoms with Crippen LogP contribution < -0.4 is 10.1 Å². The van der Waals surface area contributed by atoms with Gasteiger partial charge in [0.2, 0.25) is 0 Å². The number of thiazole rings is 1. The molecule has 1 heterocycles. The van der Waals surface area contributed by atoms with Crippen molar-refractivity contribution < 1.29 is 19.1 Å². The molecule has 0 spiro atoms. The van der Waals surface area contributed by atoms with Crippen molar-refractivity contribution in [3.8, 4) is 17.0 Å². The first kappa shape index (κ1) is 21.5. The van der Waals surface area contributed by atoms with Crippen molar-refractivity contribution in [2.24, 2.45) is 0 Å². The van der Waals surface area contributed by atoms with Crippen LogP contribution in [0.15, 0.2) is 53.9 Å². The Morgan fingerprint density at radius 1 is 1.10 bits per heavy atom. The molecule has 3 rings (SSSR count). The predicted octanol–water partition coefficient (Wildman–Crippen LogP) is 4.63. The summed E-state index contributed by atoms with van der Waals surface area (Å²) in [6.07, 6.45) is 0.157. The molecule has 0 aliphatic heterocycles. The van der Waals surface area contributed by atoms with Crippen LogP contribution in [0.4, 0.5) is 5.13 Å². The number of esters is 1. The molecule has 1 aromatic heterocycles. The number of anilines is 1. The van der Waals surface area contributed by atoms with Crippen LogP contribution in [0.2, 0.25) is 0 Å². The van der Waals surface area contributed by atoms with Gasteiger partial charge in [0.25, 0.3) is 5.91 Å². The van der Waals surface area contributed by atoms with Crippen LogP contribution >= 0.6 is 11.3 Å². The topological polar surface area (TPSA) is 77.5 Å². The first-order valence-electron chi connectivity index (χ1n) is 9.69. The first-order valence-corrected chi connectivity index (χ1v) is 10.6. The number of carbonyl (C=O) groups is 2. The minimum Gasteiger partial charge on any atom is -0.479 e. The second-order valence-electron chi connectivity index (χ2n) is 6.82. The summed E-state index contributed by atoms with van der Waals surface area (Å²) in [5.74, 6) is -0.494. The molecule has 156 valence electrons. The summed E-state index contributed by atoms with van der Waals surface area (Å²) >= 11 is 1.32. The maximum Gasteiger partial charge on any atom is 0.347 e. The number of nitrogens with one attached hydrogen (secondary N) is 1. The van der Waals surface area contributed by atoms with Gasteiger partial charge in [-0.1, -0.05) is 48.9 Å². The zero-order valence-electron chi connectivity index (χ0n) is 17.2. The minimum atomic E-state index is -0.821. The zero-order valence-corrected chi connectivity index (χ0v) is 18.0. The summed E-state index contributed by atoms with van der Waals surface area (Å²) in [6.45, 7) is 5.25. The van der Waals surface area contributed by atoms with Gasteiger partial charge < -0.3 is 9.47 Å². The van der Waals surface area contributed by atoms with Crippen molar-refractivity contribution in [3.63, 3.8) is 0 Å². The van der Waals surface area contributed by atoms with Crippen molar-refractivity contribution in [2.75, 3.05) is 11.9 Å². The van der Waals surface area contributed by atoms with Gasteiger partial charge in [-0.3, -0.25) is 10.1 Å². The number of aryl methyl sites for hydroxylation is 2. The van der Waals surface area contributed by atoms with Crippen LogP contribution in [0.25, 0.3) is 11.3 Å². The fourth-order valence-corrected chi connectivity index (χ4v) is 3.39. The molecule has 0 aliphatic carbocycles. The minimum absolute atomic E-state index is 0.402. The maximum atomic E-state index is 12.1. The number of ether oxygens (including phenoxy) is 2. The van der Waals surface area contributed by atoms with Gasteiger partial charge in [0, 0.05) is 10.9 Å². The number of rotatable bonds is 8. The Morgan fingerprint density at radius 2 is 1.80 bits per heavy atom. The zero-order chi connectivity index (χ0) is 21.5. The van der Waals surface area contributed by atoms with E-state index >= 15 is 0 Å². The fourth-order valence-electron chi connectivity index (χ4n) is 2.65. The van der Waals surface area contributed by atoms with Gasteiger partial charge in [0.15, 0.2) is 17.8 Å². The Balaban J connectivity index is 1.47. The van der Waals surface area contributed by atoms with Gasteiger partial charge in [-0.25, -0.2) is 9.78 Å². The molecule has 6 nitrogen and oxygen atoms in total. The maximum absolute atomic E-state index is 12.1. The third kappa shape index (κ3) is 5.90. The van der Waals surface area contributed by atoms with E-state index in [0.29, 0.717) is 10.9 Å². The molecule has 0 fully saturated rings. The molecule has 30 heavy (non-hydrogen) atoms. The Morgan fingerprint density at radius 3 is 2.47 bits per heavy atom. The predicted molar refractivity (Wildman–Crippen MR) is 118 cm³/mol. The Labute approximate surface area is 179 Å². The van der Waals surface area contributed by atoms with E-state index in [0.717, 1.165) is 23.2 Å². The van der Waals surface area contributed by atoms with E-state index in [2.05, 4.69) is 29.4 Å². The fraction of sp³-hybridized carbons (Fsp3) is 0.261. The molecule has 0 bridgehead atoms. The lowest BCUT2D eigenvalue weighted by atomic mass is 10.1. The Bertz CT molecular complexity index is 997. The largest absolute Gasteiger partial charge is 0.479 e. The van der Waals surface area contributed by atoms with E-state index in [1.165, 1.54) is 16.9 Å². The molecule has 0 saturated heterocycles. The van der Waals surface area contributed by atoms with E-state index in [1.54, 1.807) is 19.1 Å². The molecular formula is C23H24N2O4S. The van der Waals surface area contributed by atoms with E-state index in [4.69, 9.17) is 9.47 Å². The van der Waals surface area contributed by atoms with Gasteiger partial charge in [-0.05, 0) is 38.0 Å². The third-order valence-electron chi connectivity index (χ3n) is 4.42. The standard InChI is InChI=1S/C23H24N2O4S/c1-4-17-7-9-18(10-8-17)20-14-30-23(24-20)25-21(26)13-28-22(27)16(3)29-19-11-5-15(2)6-12-19/h5-12,14,16H,4,13H2,1-3H3,(H,24,25,26). The quantitative estimate of drug-likeness (QED) is 0.534. The lowest BCUT2D eigenvalue weighted by Crippen LogP contribution is -2.29.